The Hall–Kier alpha value is -2.27. The molecule has 0 aliphatic rings. The molecule has 0 saturated carbocycles. The largest absolute Gasteiger partial charge is 0.465 e. The van der Waals surface area contributed by atoms with Crippen molar-refractivity contribution in [2.24, 2.45) is 0 Å². The lowest BCUT2D eigenvalue weighted by molar-refractivity contribution is -0.115. The van der Waals surface area contributed by atoms with Crippen LogP contribution in [0.3, 0.4) is 0 Å². The summed E-state index contributed by atoms with van der Waals surface area (Å²) >= 11 is 1.49. The van der Waals surface area contributed by atoms with Crippen molar-refractivity contribution in [2.45, 2.75) is 24.0 Å². The summed E-state index contributed by atoms with van der Waals surface area (Å²) in [5.41, 5.74) is 2.17. The molecular weight excluding hydrogens is 310 g/mol. The van der Waals surface area contributed by atoms with Gasteiger partial charge in [0.1, 0.15) is 0 Å². The number of nitrogens with one attached hydrogen (secondary N) is 1. The van der Waals surface area contributed by atoms with Crippen LogP contribution in [-0.2, 0) is 9.53 Å². The zero-order valence-corrected chi connectivity index (χ0v) is 14.1. The van der Waals surface area contributed by atoms with Crippen molar-refractivity contribution >= 4 is 29.3 Å². The minimum atomic E-state index is -0.428. The molecule has 4 nitrogen and oxygen atoms in total. The molecule has 0 radical (unpaired) electrons. The average molecular weight is 329 g/mol. The minimum absolute atomic E-state index is 0.113. The van der Waals surface area contributed by atoms with Gasteiger partial charge in [0.05, 0.1) is 17.9 Å². The van der Waals surface area contributed by atoms with E-state index < -0.39 is 5.97 Å². The Balaban J connectivity index is 2.00. The van der Waals surface area contributed by atoms with Gasteiger partial charge in [0.2, 0.25) is 5.91 Å². The van der Waals surface area contributed by atoms with Gasteiger partial charge in [-0.25, -0.2) is 4.79 Å². The monoisotopic (exact) mass is 329 g/mol. The molecule has 0 aliphatic carbocycles. The number of benzene rings is 2. The Kier molecular flexibility index (Phi) is 5.82. The second-order valence-electron chi connectivity index (χ2n) is 5.13. The van der Waals surface area contributed by atoms with Crippen LogP contribution in [0.25, 0.3) is 0 Å². The standard InChI is InChI=1S/C18H19NO3S/c1-12-7-9-16(10-8-12)23-13(2)17(20)19-15-6-4-5-14(11-15)18(21)22-3/h4-11,13H,1-3H3,(H,19,20)/t13-/m1/s1. The Morgan fingerprint density at radius 2 is 1.83 bits per heavy atom. The first kappa shape index (κ1) is 17.1. The molecule has 0 spiro atoms. The Morgan fingerprint density at radius 3 is 2.48 bits per heavy atom. The van der Waals surface area contributed by atoms with Gasteiger partial charge >= 0.3 is 5.97 Å². The number of carbonyl (C=O) groups excluding carboxylic acids is 2. The Labute approximate surface area is 140 Å². The molecule has 0 aliphatic heterocycles. The number of esters is 1. The third-order valence-corrected chi connectivity index (χ3v) is 4.37. The molecule has 1 amide bonds. The maximum absolute atomic E-state index is 12.3. The number of hydrogen-bond acceptors (Lipinski definition) is 4. The number of hydrogen-bond donors (Lipinski definition) is 1. The number of thioether (sulfide) groups is 1. The summed E-state index contributed by atoms with van der Waals surface area (Å²) in [6.07, 6.45) is 0. The number of aryl methyl sites for hydroxylation is 1. The van der Waals surface area contributed by atoms with E-state index in [0.29, 0.717) is 11.3 Å². The number of carbonyl (C=O) groups is 2. The lowest BCUT2D eigenvalue weighted by atomic mass is 10.2. The molecule has 0 fully saturated rings. The molecule has 0 saturated heterocycles. The van der Waals surface area contributed by atoms with Gasteiger partial charge in [0.15, 0.2) is 0 Å². The molecule has 0 unspecified atom stereocenters. The fourth-order valence-electron chi connectivity index (χ4n) is 1.96. The fourth-order valence-corrected chi connectivity index (χ4v) is 2.83. The van der Waals surface area contributed by atoms with Gasteiger partial charge in [-0.3, -0.25) is 4.79 Å². The van der Waals surface area contributed by atoms with Gasteiger partial charge in [-0.1, -0.05) is 23.8 Å². The average Bonchev–Trinajstić information content (AvgIpc) is 2.56. The molecule has 0 aromatic heterocycles. The van der Waals surface area contributed by atoms with Crippen LogP contribution in [0.1, 0.15) is 22.8 Å². The predicted molar refractivity (Wildman–Crippen MR) is 92.9 cm³/mol. The van der Waals surface area contributed by atoms with Gasteiger partial charge in [-0.05, 0) is 44.2 Å². The van der Waals surface area contributed by atoms with Crippen molar-refractivity contribution in [3.05, 3.63) is 59.7 Å². The summed E-state index contributed by atoms with van der Waals surface area (Å²) in [7, 11) is 1.33. The van der Waals surface area contributed by atoms with Crippen molar-refractivity contribution < 1.29 is 14.3 Å². The summed E-state index contributed by atoms with van der Waals surface area (Å²) in [6.45, 7) is 3.88. The molecule has 2 aromatic rings. The Bertz CT molecular complexity index is 698. The summed E-state index contributed by atoms with van der Waals surface area (Å²) in [5.74, 6) is -0.541. The summed E-state index contributed by atoms with van der Waals surface area (Å²) < 4.78 is 4.68. The van der Waals surface area contributed by atoms with Crippen molar-refractivity contribution in [1.29, 1.82) is 0 Å². The first-order valence-electron chi connectivity index (χ1n) is 7.22. The quantitative estimate of drug-likeness (QED) is 0.668. The molecule has 23 heavy (non-hydrogen) atoms. The van der Waals surface area contributed by atoms with Gasteiger partial charge in [-0.15, -0.1) is 11.8 Å². The van der Waals surface area contributed by atoms with Crippen LogP contribution in [0.4, 0.5) is 5.69 Å². The van der Waals surface area contributed by atoms with Gasteiger partial charge in [0, 0.05) is 10.6 Å². The third kappa shape index (κ3) is 4.86. The highest BCUT2D eigenvalue weighted by atomic mass is 32.2. The molecular formula is C18H19NO3S. The topological polar surface area (TPSA) is 55.4 Å². The van der Waals surface area contributed by atoms with Crippen molar-refractivity contribution in [3.8, 4) is 0 Å². The lowest BCUT2D eigenvalue weighted by Crippen LogP contribution is -2.22. The number of methoxy groups -OCH3 is 1. The van der Waals surface area contributed by atoms with Gasteiger partial charge < -0.3 is 10.1 Å². The van der Waals surface area contributed by atoms with Gasteiger partial charge in [-0.2, -0.15) is 0 Å². The maximum Gasteiger partial charge on any atom is 0.337 e. The SMILES string of the molecule is COC(=O)c1cccc(NC(=O)[C@@H](C)Sc2ccc(C)cc2)c1. The molecule has 1 atom stereocenters. The van der Waals surface area contributed by atoms with E-state index in [1.54, 1.807) is 24.3 Å². The fraction of sp³-hybridized carbons (Fsp3) is 0.222. The van der Waals surface area contributed by atoms with Crippen molar-refractivity contribution in [2.75, 3.05) is 12.4 Å². The van der Waals surface area contributed by atoms with Crippen LogP contribution in [0.5, 0.6) is 0 Å². The molecule has 2 rings (SSSR count). The molecule has 0 bridgehead atoms. The number of rotatable bonds is 5. The third-order valence-electron chi connectivity index (χ3n) is 3.25. The highest BCUT2D eigenvalue weighted by Gasteiger charge is 2.15. The smallest absolute Gasteiger partial charge is 0.337 e. The van der Waals surface area contributed by atoms with Crippen LogP contribution >= 0.6 is 11.8 Å². The van der Waals surface area contributed by atoms with Crippen molar-refractivity contribution in [1.82, 2.24) is 0 Å². The Morgan fingerprint density at radius 1 is 1.13 bits per heavy atom. The number of ether oxygens (including phenoxy) is 1. The summed E-state index contributed by atoms with van der Waals surface area (Å²) in [6, 6.07) is 14.7. The van der Waals surface area contributed by atoms with E-state index in [4.69, 9.17) is 0 Å². The highest BCUT2D eigenvalue weighted by Crippen LogP contribution is 2.24. The maximum atomic E-state index is 12.3. The van der Waals surface area contributed by atoms with E-state index in [9.17, 15) is 9.59 Å². The van der Waals surface area contributed by atoms with E-state index >= 15 is 0 Å². The van der Waals surface area contributed by atoms with E-state index in [1.165, 1.54) is 24.4 Å². The van der Waals surface area contributed by atoms with E-state index in [2.05, 4.69) is 10.1 Å². The zero-order valence-electron chi connectivity index (χ0n) is 13.3. The zero-order chi connectivity index (χ0) is 16.8. The number of anilines is 1. The van der Waals surface area contributed by atoms with E-state index in [0.717, 1.165) is 4.90 Å². The number of amides is 1. The predicted octanol–water partition coefficient (Wildman–Crippen LogP) is 3.90. The van der Waals surface area contributed by atoms with Crippen molar-refractivity contribution in [3.63, 3.8) is 0 Å². The molecule has 0 heterocycles. The van der Waals surface area contributed by atoms with E-state index in [1.807, 2.05) is 38.1 Å². The van der Waals surface area contributed by atoms with Crippen LogP contribution in [0.2, 0.25) is 0 Å². The molecule has 120 valence electrons. The molecule has 1 N–H and O–H groups in total. The van der Waals surface area contributed by atoms with Crippen LogP contribution in [0, 0.1) is 6.92 Å². The van der Waals surface area contributed by atoms with Gasteiger partial charge in [0.25, 0.3) is 0 Å². The summed E-state index contributed by atoms with van der Waals surface area (Å²) in [4.78, 5) is 24.8. The minimum Gasteiger partial charge on any atom is -0.465 e. The summed E-state index contributed by atoms with van der Waals surface area (Å²) in [5, 5.41) is 2.57. The normalized spacial score (nSPS) is 11.6. The lowest BCUT2D eigenvalue weighted by Gasteiger charge is -2.12. The van der Waals surface area contributed by atoms with Crippen LogP contribution in [0.15, 0.2) is 53.4 Å². The first-order valence-corrected chi connectivity index (χ1v) is 8.10. The van der Waals surface area contributed by atoms with E-state index in [-0.39, 0.29) is 11.2 Å². The molecule has 2 aromatic carbocycles. The second kappa shape index (κ2) is 7.83. The second-order valence-corrected chi connectivity index (χ2v) is 6.55. The highest BCUT2D eigenvalue weighted by molar-refractivity contribution is 8.00. The molecule has 5 heteroatoms. The van der Waals surface area contributed by atoms with Crippen LogP contribution in [-0.4, -0.2) is 24.2 Å². The van der Waals surface area contributed by atoms with Crippen LogP contribution < -0.4 is 5.32 Å². The first-order chi connectivity index (χ1) is 11.0.